The Kier molecular flexibility index (Phi) is 4.85. The van der Waals surface area contributed by atoms with Gasteiger partial charge >= 0.3 is 0 Å². The van der Waals surface area contributed by atoms with Gasteiger partial charge in [-0.3, -0.25) is 10.6 Å². The van der Waals surface area contributed by atoms with Crippen LogP contribution in [0.3, 0.4) is 0 Å². The number of hydrogen-bond acceptors (Lipinski definition) is 3. The number of benzene rings is 2. The molecule has 0 saturated carbocycles. The average Bonchev–Trinajstić information content (AvgIpc) is 2.42. The zero-order chi connectivity index (χ0) is 14.7. The number of hydrazine groups is 1. The van der Waals surface area contributed by atoms with Crippen LogP contribution < -0.4 is 16.6 Å². The Hall–Kier alpha value is -1.31. The van der Waals surface area contributed by atoms with Crippen molar-refractivity contribution in [2.24, 2.45) is 5.84 Å². The van der Waals surface area contributed by atoms with Crippen LogP contribution in [0, 0.1) is 10.5 Å². The number of anilines is 2. The molecule has 2 aromatic rings. The van der Waals surface area contributed by atoms with Gasteiger partial charge in [0, 0.05) is 3.57 Å². The van der Waals surface area contributed by atoms with Crippen molar-refractivity contribution in [2.45, 2.75) is 6.92 Å². The summed E-state index contributed by atoms with van der Waals surface area (Å²) in [5, 5.41) is 3.28. The van der Waals surface area contributed by atoms with Crippen molar-refractivity contribution in [2.75, 3.05) is 10.7 Å². The Bertz CT molecular complexity index is 661. The molecule has 6 heteroatoms. The van der Waals surface area contributed by atoms with E-state index in [2.05, 4.69) is 33.3 Å². The van der Waals surface area contributed by atoms with Crippen LogP contribution in [0.5, 0.6) is 0 Å². The molecule has 0 spiro atoms. The lowest BCUT2D eigenvalue weighted by molar-refractivity contribution is 0.102. The molecule has 2 aromatic carbocycles. The van der Waals surface area contributed by atoms with E-state index in [1.54, 1.807) is 12.1 Å². The van der Waals surface area contributed by atoms with Crippen molar-refractivity contribution in [3.05, 3.63) is 56.1 Å². The minimum atomic E-state index is -0.262. The van der Waals surface area contributed by atoms with Gasteiger partial charge in [-0.2, -0.15) is 0 Å². The second-order valence-corrected chi connectivity index (χ2v) is 5.92. The number of nitrogens with one attached hydrogen (secondary N) is 2. The van der Waals surface area contributed by atoms with Crippen LogP contribution in [0.2, 0.25) is 5.02 Å². The molecular weight excluding hydrogens is 389 g/mol. The van der Waals surface area contributed by atoms with Crippen LogP contribution in [0.4, 0.5) is 11.4 Å². The third-order valence-electron chi connectivity index (χ3n) is 2.75. The van der Waals surface area contributed by atoms with Gasteiger partial charge in [-0.15, -0.1) is 0 Å². The number of nitrogen functional groups attached to an aromatic ring is 1. The summed E-state index contributed by atoms with van der Waals surface area (Å²) in [6, 6.07) is 10.8. The van der Waals surface area contributed by atoms with E-state index in [0.29, 0.717) is 22.0 Å². The van der Waals surface area contributed by atoms with Gasteiger partial charge in [0.2, 0.25) is 0 Å². The summed E-state index contributed by atoms with van der Waals surface area (Å²) in [5.41, 5.74) is 5.16. The third kappa shape index (κ3) is 3.41. The van der Waals surface area contributed by atoms with E-state index in [1.807, 2.05) is 31.2 Å². The SMILES string of the molecule is Cc1ccc(C(=O)Nc2cc(I)ccc2Cl)c(NN)c1. The number of aryl methyl sites for hydroxylation is 1. The van der Waals surface area contributed by atoms with Gasteiger partial charge in [0.05, 0.1) is 22.0 Å². The predicted octanol–water partition coefficient (Wildman–Crippen LogP) is 3.79. The van der Waals surface area contributed by atoms with Gasteiger partial charge in [0.15, 0.2) is 0 Å². The van der Waals surface area contributed by atoms with Crippen molar-refractivity contribution in [1.82, 2.24) is 0 Å². The van der Waals surface area contributed by atoms with E-state index in [4.69, 9.17) is 17.4 Å². The Morgan fingerprint density at radius 3 is 2.65 bits per heavy atom. The highest BCUT2D eigenvalue weighted by Crippen LogP contribution is 2.25. The zero-order valence-electron chi connectivity index (χ0n) is 10.7. The molecule has 0 bridgehead atoms. The number of carbonyl (C=O) groups excluding carboxylic acids is 1. The zero-order valence-corrected chi connectivity index (χ0v) is 13.6. The van der Waals surface area contributed by atoms with Crippen molar-refractivity contribution >= 4 is 51.5 Å². The molecule has 0 heterocycles. The molecule has 0 fully saturated rings. The maximum absolute atomic E-state index is 12.3. The summed E-state index contributed by atoms with van der Waals surface area (Å²) in [4.78, 5) is 12.3. The smallest absolute Gasteiger partial charge is 0.257 e. The molecule has 0 radical (unpaired) electrons. The number of carbonyl (C=O) groups is 1. The minimum Gasteiger partial charge on any atom is -0.323 e. The molecule has 4 nitrogen and oxygen atoms in total. The van der Waals surface area contributed by atoms with Gasteiger partial charge in [0.1, 0.15) is 0 Å². The molecule has 0 aliphatic rings. The largest absolute Gasteiger partial charge is 0.323 e. The van der Waals surface area contributed by atoms with E-state index in [0.717, 1.165) is 9.13 Å². The molecular formula is C14H13ClIN3O. The maximum Gasteiger partial charge on any atom is 0.257 e. The quantitative estimate of drug-likeness (QED) is 0.416. The summed E-state index contributed by atoms with van der Waals surface area (Å²) in [6.07, 6.45) is 0. The summed E-state index contributed by atoms with van der Waals surface area (Å²) >= 11 is 8.23. The fraction of sp³-hybridized carbons (Fsp3) is 0.0714. The fourth-order valence-electron chi connectivity index (χ4n) is 1.76. The van der Waals surface area contributed by atoms with Crippen molar-refractivity contribution < 1.29 is 4.79 Å². The topological polar surface area (TPSA) is 67.2 Å². The molecule has 0 aromatic heterocycles. The highest BCUT2D eigenvalue weighted by molar-refractivity contribution is 14.1. The lowest BCUT2D eigenvalue weighted by Crippen LogP contribution is -2.17. The first-order chi connectivity index (χ1) is 9.51. The molecule has 2 rings (SSSR count). The first-order valence-corrected chi connectivity index (χ1v) is 7.30. The van der Waals surface area contributed by atoms with Crippen LogP contribution >= 0.6 is 34.2 Å². The highest BCUT2D eigenvalue weighted by atomic mass is 127. The number of amides is 1. The first-order valence-electron chi connectivity index (χ1n) is 5.85. The Labute approximate surface area is 135 Å². The number of nitrogens with two attached hydrogens (primary N) is 1. The van der Waals surface area contributed by atoms with Crippen molar-refractivity contribution in [3.8, 4) is 0 Å². The molecule has 0 atom stereocenters. The maximum atomic E-state index is 12.3. The van der Waals surface area contributed by atoms with Crippen molar-refractivity contribution in [1.29, 1.82) is 0 Å². The monoisotopic (exact) mass is 401 g/mol. The number of hydrogen-bond donors (Lipinski definition) is 3. The molecule has 104 valence electrons. The first kappa shape index (κ1) is 15.1. The summed E-state index contributed by atoms with van der Waals surface area (Å²) in [5.74, 6) is 5.19. The van der Waals surface area contributed by atoms with E-state index >= 15 is 0 Å². The Morgan fingerprint density at radius 2 is 1.95 bits per heavy atom. The van der Waals surface area contributed by atoms with Gasteiger partial charge in [0.25, 0.3) is 5.91 Å². The lowest BCUT2D eigenvalue weighted by atomic mass is 10.1. The summed E-state index contributed by atoms with van der Waals surface area (Å²) in [7, 11) is 0. The normalized spacial score (nSPS) is 10.2. The standard InChI is InChI=1S/C14H13ClIN3O/c1-8-2-4-10(12(6-8)19-17)14(20)18-13-7-9(16)3-5-11(13)15/h2-7,19H,17H2,1H3,(H,18,20). The predicted molar refractivity (Wildman–Crippen MR) is 91.1 cm³/mol. The molecule has 1 amide bonds. The van der Waals surface area contributed by atoms with Crippen LogP contribution in [-0.4, -0.2) is 5.91 Å². The molecule has 0 aliphatic carbocycles. The molecule has 0 saturated heterocycles. The molecule has 4 N–H and O–H groups in total. The fourth-order valence-corrected chi connectivity index (χ4v) is 2.41. The van der Waals surface area contributed by atoms with Crippen LogP contribution in [0.15, 0.2) is 36.4 Å². The van der Waals surface area contributed by atoms with E-state index in [9.17, 15) is 4.79 Å². The van der Waals surface area contributed by atoms with Crippen LogP contribution in [0.1, 0.15) is 15.9 Å². The second kappa shape index (κ2) is 6.43. The van der Waals surface area contributed by atoms with Gasteiger partial charge in [-0.25, -0.2) is 0 Å². The van der Waals surface area contributed by atoms with Gasteiger partial charge in [-0.05, 0) is 65.4 Å². The average molecular weight is 402 g/mol. The second-order valence-electron chi connectivity index (χ2n) is 4.27. The molecule has 20 heavy (non-hydrogen) atoms. The third-order valence-corrected chi connectivity index (χ3v) is 3.75. The number of halogens is 2. The van der Waals surface area contributed by atoms with E-state index in [-0.39, 0.29) is 5.91 Å². The minimum absolute atomic E-state index is 0.262. The summed E-state index contributed by atoms with van der Waals surface area (Å²) in [6.45, 7) is 1.93. The van der Waals surface area contributed by atoms with Crippen LogP contribution in [-0.2, 0) is 0 Å². The molecule has 0 unspecified atom stereocenters. The molecule has 0 aliphatic heterocycles. The lowest BCUT2D eigenvalue weighted by Gasteiger charge is -2.11. The van der Waals surface area contributed by atoms with Crippen LogP contribution in [0.25, 0.3) is 0 Å². The Balaban J connectivity index is 2.30. The van der Waals surface area contributed by atoms with Gasteiger partial charge in [-0.1, -0.05) is 17.7 Å². The van der Waals surface area contributed by atoms with E-state index in [1.165, 1.54) is 0 Å². The summed E-state index contributed by atoms with van der Waals surface area (Å²) < 4.78 is 0.989. The van der Waals surface area contributed by atoms with Gasteiger partial charge < -0.3 is 10.7 Å². The Morgan fingerprint density at radius 1 is 1.20 bits per heavy atom. The van der Waals surface area contributed by atoms with E-state index < -0.39 is 0 Å². The number of rotatable bonds is 3. The highest BCUT2D eigenvalue weighted by Gasteiger charge is 2.13. The van der Waals surface area contributed by atoms with Crippen molar-refractivity contribution in [3.63, 3.8) is 0 Å².